The second-order valence-corrected chi connectivity index (χ2v) is 5.97. The normalized spacial score (nSPS) is 22.7. The summed E-state index contributed by atoms with van der Waals surface area (Å²) >= 11 is 0. The summed E-state index contributed by atoms with van der Waals surface area (Å²) in [6.07, 6.45) is 7.87. The summed E-state index contributed by atoms with van der Waals surface area (Å²) in [6, 6.07) is 7.24. The zero-order valence-electron chi connectivity index (χ0n) is 12.0. The SMILES string of the molecule is CCNC1CCCc2ccc(OCC3CCC3)cc21. The number of benzene rings is 1. The van der Waals surface area contributed by atoms with Crippen molar-refractivity contribution in [1.82, 2.24) is 5.32 Å². The number of hydrogen-bond acceptors (Lipinski definition) is 2. The van der Waals surface area contributed by atoms with Gasteiger partial charge in [-0.25, -0.2) is 0 Å². The van der Waals surface area contributed by atoms with Crippen molar-refractivity contribution in [3.8, 4) is 5.75 Å². The Kier molecular flexibility index (Phi) is 4.07. The minimum absolute atomic E-state index is 0.529. The van der Waals surface area contributed by atoms with Gasteiger partial charge in [-0.05, 0) is 67.8 Å². The van der Waals surface area contributed by atoms with Gasteiger partial charge in [-0.2, -0.15) is 0 Å². The second kappa shape index (κ2) is 5.96. The number of fused-ring (bicyclic) bond motifs is 1. The molecular weight excluding hydrogens is 234 g/mol. The summed E-state index contributed by atoms with van der Waals surface area (Å²) in [5, 5.41) is 3.60. The highest BCUT2D eigenvalue weighted by molar-refractivity contribution is 5.39. The first-order valence-electron chi connectivity index (χ1n) is 7.86. The molecular formula is C17H25NO. The van der Waals surface area contributed by atoms with Crippen LogP contribution in [0.25, 0.3) is 0 Å². The van der Waals surface area contributed by atoms with Crippen LogP contribution >= 0.6 is 0 Å². The zero-order chi connectivity index (χ0) is 13.1. The lowest BCUT2D eigenvalue weighted by atomic mass is 9.86. The fraction of sp³-hybridized carbons (Fsp3) is 0.647. The third kappa shape index (κ3) is 2.94. The van der Waals surface area contributed by atoms with Gasteiger partial charge in [-0.1, -0.05) is 19.4 Å². The van der Waals surface area contributed by atoms with Gasteiger partial charge >= 0.3 is 0 Å². The average molecular weight is 259 g/mol. The highest BCUT2D eigenvalue weighted by atomic mass is 16.5. The van der Waals surface area contributed by atoms with Crippen LogP contribution in [0.4, 0.5) is 0 Å². The van der Waals surface area contributed by atoms with E-state index in [2.05, 4.69) is 30.4 Å². The molecule has 1 N–H and O–H groups in total. The predicted octanol–water partition coefficient (Wildman–Crippen LogP) is 3.85. The number of rotatable bonds is 5. The van der Waals surface area contributed by atoms with Gasteiger partial charge in [0.25, 0.3) is 0 Å². The Bertz CT molecular complexity index is 425. The first kappa shape index (κ1) is 13.0. The zero-order valence-corrected chi connectivity index (χ0v) is 12.0. The molecule has 2 aliphatic rings. The van der Waals surface area contributed by atoms with Crippen molar-refractivity contribution in [1.29, 1.82) is 0 Å². The van der Waals surface area contributed by atoms with Gasteiger partial charge in [0.2, 0.25) is 0 Å². The van der Waals surface area contributed by atoms with E-state index in [0.717, 1.165) is 24.8 Å². The number of ether oxygens (including phenoxy) is 1. The van der Waals surface area contributed by atoms with Crippen molar-refractivity contribution < 1.29 is 4.74 Å². The van der Waals surface area contributed by atoms with Gasteiger partial charge < -0.3 is 10.1 Å². The summed E-state index contributed by atoms with van der Waals surface area (Å²) < 4.78 is 5.97. The molecule has 2 nitrogen and oxygen atoms in total. The molecule has 0 bridgehead atoms. The highest BCUT2D eigenvalue weighted by Gasteiger charge is 2.21. The summed E-state index contributed by atoms with van der Waals surface area (Å²) in [4.78, 5) is 0. The molecule has 0 heterocycles. The number of hydrogen-bond donors (Lipinski definition) is 1. The fourth-order valence-corrected chi connectivity index (χ4v) is 3.20. The standard InChI is InChI=1S/C17H25NO/c1-2-18-17-8-4-7-14-9-10-15(11-16(14)17)19-12-13-5-3-6-13/h9-11,13,17-18H,2-8,12H2,1H3. The minimum atomic E-state index is 0.529. The Morgan fingerprint density at radius 1 is 1.21 bits per heavy atom. The summed E-state index contributed by atoms with van der Waals surface area (Å²) in [7, 11) is 0. The van der Waals surface area contributed by atoms with Crippen molar-refractivity contribution in [3.63, 3.8) is 0 Å². The topological polar surface area (TPSA) is 21.3 Å². The van der Waals surface area contributed by atoms with Crippen molar-refractivity contribution >= 4 is 0 Å². The maximum atomic E-state index is 5.97. The molecule has 0 saturated heterocycles. The Hall–Kier alpha value is -1.02. The molecule has 19 heavy (non-hydrogen) atoms. The van der Waals surface area contributed by atoms with Gasteiger partial charge in [-0.3, -0.25) is 0 Å². The lowest BCUT2D eigenvalue weighted by Crippen LogP contribution is -2.25. The molecule has 1 fully saturated rings. The minimum Gasteiger partial charge on any atom is -0.493 e. The van der Waals surface area contributed by atoms with Gasteiger partial charge in [0.1, 0.15) is 5.75 Å². The summed E-state index contributed by atoms with van der Waals surface area (Å²) in [5.74, 6) is 1.87. The van der Waals surface area contributed by atoms with E-state index in [9.17, 15) is 0 Å². The van der Waals surface area contributed by atoms with E-state index in [4.69, 9.17) is 4.74 Å². The van der Waals surface area contributed by atoms with Crippen LogP contribution in [0.2, 0.25) is 0 Å². The van der Waals surface area contributed by atoms with E-state index in [1.807, 2.05) is 0 Å². The molecule has 1 saturated carbocycles. The Morgan fingerprint density at radius 3 is 2.84 bits per heavy atom. The van der Waals surface area contributed by atoms with Crippen molar-refractivity contribution in [2.75, 3.05) is 13.2 Å². The molecule has 3 rings (SSSR count). The first-order valence-corrected chi connectivity index (χ1v) is 7.86. The van der Waals surface area contributed by atoms with E-state index in [1.54, 1.807) is 0 Å². The van der Waals surface area contributed by atoms with Gasteiger partial charge in [0.15, 0.2) is 0 Å². The molecule has 0 aliphatic heterocycles. The molecule has 1 aromatic rings. The van der Waals surface area contributed by atoms with Crippen LogP contribution in [0.1, 0.15) is 56.2 Å². The fourth-order valence-electron chi connectivity index (χ4n) is 3.20. The van der Waals surface area contributed by atoms with Gasteiger partial charge in [-0.15, -0.1) is 0 Å². The van der Waals surface area contributed by atoms with Crippen LogP contribution in [0.3, 0.4) is 0 Å². The van der Waals surface area contributed by atoms with Crippen LogP contribution < -0.4 is 10.1 Å². The maximum absolute atomic E-state index is 5.97. The third-order valence-electron chi connectivity index (χ3n) is 4.59. The largest absolute Gasteiger partial charge is 0.493 e. The molecule has 2 heteroatoms. The Morgan fingerprint density at radius 2 is 2.11 bits per heavy atom. The third-order valence-corrected chi connectivity index (χ3v) is 4.59. The smallest absolute Gasteiger partial charge is 0.119 e. The average Bonchev–Trinajstić information content (AvgIpc) is 2.38. The van der Waals surface area contributed by atoms with Crippen LogP contribution in [0.5, 0.6) is 5.75 Å². The van der Waals surface area contributed by atoms with Crippen LogP contribution in [0, 0.1) is 5.92 Å². The van der Waals surface area contributed by atoms with Gasteiger partial charge in [0, 0.05) is 6.04 Å². The van der Waals surface area contributed by atoms with E-state index >= 15 is 0 Å². The summed E-state index contributed by atoms with van der Waals surface area (Å²) in [5.41, 5.74) is 2.98. The molecule has 104 valence electrons. The Balaban J connectivity index is 1.70. The van der Waals surface area contributed by atoms with Crippen LogP contribution in [-0.2, 0) is 6.42 Å². The lowest BCUT2D eigenvalue weighted by Gasteiger charge is -2.28. The van der Waals surface area contributed by atoms with E-state index in [0.29, 0.717) is 6.04 Å². The number of aryl methyl sites for hydroxylation is 1. The molecule has 1 aromatic carbocycles. The van der Waals surface area contributed by atoms with E-state index < -0.39 is 0 Å². The molecule has 0 spiro atoms. The summed E-state index contributed by atoms with van der Waals surface area (Å²) in [6.45, 7) is 4.13. The molecule has 0 amide bonds. The highest BCUT2D eigenvalue weighted by Crippen LogP contribution is 2.33. The molecule has 0 aromatic heterocycles. The lowest BCUT2D eigenvalue weighted by molar-refractivity contribution is 0.180. The van der Waals surface area contributed by atoms with Crippen LogP contribution in [-0.4, -0.2) is 13.2 Å². The second-order valence-electron chi connectivity index (χ2n) is 5.97. The first-order chi connectivity index (χ1) is 9.36. The monoisotopic (exact) mass is 259 g/mol. The Labute approximate surface area is 116 Å². The van der Waals surface area contributed by atoms with Crippen LogP contribution in [0.15, 0.2) is 18.2 Å². The molecule has 1 atom stereocenters. The van der Waals surface area contributed by atoms with Crippen molar-refractivity contribution in [3.05, 3.63) is 29.3 Å². The van der Waals surface area contributed by atoms with Gasteiger partial charge in [0.05, 0.1) is 6.61 Å². The molecule has 1 unspecified atom stereocenters. The van der Waals surface area contributed by atoms with E-state index in [-0.39, 0.29) is 0 Å². The molecule has 0 radical (unpaired) electrons. The quantitative estimate of drug-likeness (QED) is 0.867. The maximum Gasteiger partial charge on any atom is 0.119 e. The predicted molar refractivity (Wildman–Crippen MR) is 78.6 cm³/mol. The van der Waals surface area contributed by atoms with E-state index in [1.165, 1.54) is 49.7 Å². The van der Waals surface area contributed by atoms with Crippen molar-refractivity contribution in [2.24, 2.45) is 5.92 Å². The van der Waals surface area contributed by atoms with Crippen molar-refractivity contribution in [2.45, 2.75) is 51.5 Å². The number of nitrogens with one attached hydrogen (secondary N) is 1. The molecule has 2 aliphatic carbocycles.